The monoisotopic (exact) mass is 271 g/mol. The molecule has 0 bridgehead atoms. The van der Waals surface area contributed by atoms with Crippen LogP contribution in [0.1, 0.15) is 22.8 Å². The van der Waals surface area contributed by atoms with Crippen LogP contribution in [0.5, 0.6) is 11.5 Å². The topological polar surface area (TPSA) is 61.5 Å². The fourth-order valence-electron chi connectivity index (χ4n) is 1.99. The molecule has 0 saturated carbocycles. The maximum atomic E-state index is 12.5. The lowest BCUT2D eigenvalue weighted by atomic mass is 10.0. The number of hydrogen-bond donors (Lipinski definition) is 1. The summed E-state index contributed by atoms with van der Waals surface area (Å²) in [6.45, 7) is 2.51. The van der Waals surface area contributed by atoms with E-state index in [0.717, 1.165) is 5.75 Å². The first-order valence-corrected chi connectivity index (χ1v) is 6.37. The summed E-state index contributed by atoms with van der Waals surface area (Å²) in [5.74, 6) is 1.02. The number of methoxy groups -OCH3 is 1. The molecule has 0 atom stereocenters. The first-order valence-electron chi connectivity index (χ1n) is 6.37. The molecule has 0 fully saturated rings. The molecule has 0 spiro atoms. The molecule has 0 aromatic heterocycles. The normalized spacial score (nSPS) is 10.1. The zero-order valence-corrected chi connectivity index (χ0v) is 11.6. The van der Waals surface area contributed by atoms with Gasteiger partial charge in [0, 0.05) is 5.56 Å². The number of anilines is 1. The number of rotatable bonds is 5. The van der Waals surface area contributed by atoms with Gasteiger partial charge in [-0.2, -0.15) is 0 Å². The van der Waals surface area contributed by atoms with Crippen LogP contribution in [0, 0.1) is 0 Å². The van der Waals surface area contributed by atoms with E-state index in [1.807, 2.05) is 6.92 Å². The largest absolute Gasteiger partial charge is 0.494 e. The highest BCUT2D eigenvalue weighted by atomic mass is 16.5. The Labute approximate surface area is 118 Å². The van der Waals surface area contributed by atoms with Crippen molar-refractivity contribution in [1.29, 1.82) is 0 Å². The maximum absolute atomic E-state index is 12.5. The van der Waals surface area contributed by atoms with Crippen LogP contribution in [0.2, 0.25) is 0 Å². The van der Waals surface area contributed by atoms with Gasteiger partial charge in [-0.15, -0.1) is 0 Å². The molecule has 2 aromatic carbocycles. The minimum atomic E-state index is -0.128. The van der Waals surface area contributed by atoms with Crippen LogP contribution in [0.3, 0.4) is 0 Å². The van der Waals surface area contributed by atoms with Gasteiger partial charge in [0.2, 0.25) is 0 Å². The number of para-hydroxylation sites is 1. The summed E-state index contributed by atoms with van der Waals surface area (Å²) >= 11 is 0. The second kappa shape index (κ2) is 6.10. The Morgan fingerprint density at radius 2 is 1.85 bits per heavy atom. The number of carbonyl (C=O) groups is 1. The van der Waals surface area contributed by atoms with Gasteiger partial charge < -0.3 is 15.2 Å². The van der Waals surface area contributed by atoms with E-state index in [-0.39, 0.29) is 5.78 Å². The SMILES string of the molecule is CCOc1ccc(C(=O)c2cccc(N)c2OC)cc1. The van der Waals surface area contributed by atoms with Crippen LogP contribution in [-0.4, -0.2) is 19.5 Å². The second-order valence-electron chi connectivity index (χ2n) is 4.21. The second-order valence-corrected chi connectivity index (χ2v) is 4.21. The van der Waals surface area contributed by atoms with Gasteiger partial charge in [-0.05, 0) is 43.3 Å². The van der Waals surface area contributed by atoms with E-state index in [1.165, 1.54) is 7.11 Å². The molecule has 0 amide bonds. The summed E-state index contributed by atoms with van der Waals surface area (Å²) in [4.78, 5) is 12.5. The van der Waals surface area contributed by atoms with Crippen molar-refractivity contribution < 1.29 is 14.3 Å². The van der Waals surface area contributed by atoms with Crippen LogP contribution in [0.4, 0.5) is 5.69 Å². The zero-order valence-electron chi connectivity index (χ0n) is 11.6. The van der Waals surface area contributed by atoms with E-state index in [9.17, 15) is 4.79 Å². The van der Waals surface area contributed by atoms with Crippen LogP contribution >= 0.6 is 0 Å². The van der Waals surface area contributed by atoms with Crippen molar-refractivity contribution in [2.75, 3.05) is 19.5 Å². The predicted molar refractivity (Wildman–Crippen MR) is 78.4 cm³/mol. The van der Waals surface area contributed by atoms with Crippen molar-refractivity contribution in [2.45, 2.75) is 6.92 Å². The van der Waals surface area contributed by atoms with E-state index in [0.29, 0.717) is 29.2 Å². The molecule has 0 aliphatic carbocycles. The van der Waals surface area contributed by atoms with Gasteiger partial charge in [0.25, 0.3) is 0 Å². The molecule has 0 heterocycles. The molecular formula is C16H17NO3. The van der Waals surface area contributed by atoms with Crippen molar-refractivity contribution in [3.63, 3.8) is 0 Å². The lowest BCUT2D eigenvalue weighted by molar-refractivity contribution is 0.103. The first-order chi connectivity index (χ1) is 9.67. The Hall–Kier alpha value is -2.49. The molecule has 4 heteroatoms. The number of ketones is 1. The third-order valence-corrected chi connectivity index (χ3v) is 2.92. The van der Waals surface area contributed by atoms with Gasteiger partial charge in [0.05, 0.1) is 25.0 Å². The average molecular weight is 271 g/mol. The smallest absolute Gasteiger partial charge is 0.196 e. The maximum Gasteiger partial charge on any atom is 0.196 e. The average Bonchev–Trinajstić information content (AvgIpc) is 2.47. The lowest BCUT2D eigenvalue weighted by Gasteiger charge is -2.10. The lowest BCUT2D eigenvalue weighted by Crippen LogP contribution is -2.06. The van der Waals surface area contributed by atoms with E-state index < -0.39 is 0 Å². The highest BCUT2D eigenvalue weighted by Gasteiger charge is 2.16. The van der Waals surface area contributed by atoms with Crippen LogP contribution in [0.15, 0.2) is 42.5 Å². The third-order valence-electron chi connectivity index (χ3n) is 2.92. The number of hydrogen-bond acceptors (Lipinski definition) is 4. The van der Waals surface area contributed by atoms with Gasteiger partial charge in [-0.3, -0.25) is 4.79 Å². The molecular weight excluding hydrogens is 254 g/mol. The summed E-state index contributed by atoms with van der Waals surface area (Å²) in [7, 11) is 1.50. The Balaban J connectivity index is 2.34. The Morgan fingerprint density at radius 1 is 1.15 bits per heavy atom. The van der Waals surface area contributed by atoms with Gasteiger partial charge in [0.15, 0.2) is 11.5 Å². The predicted octanol–water partition coefficient (Wildman–Crippen LogP) is 2.91. The van der Waals surface area contributed by atoms with Gasteiger partial charge in [-0.1, -0.05) is 6.07 Å². The summed E-state index contributed by atoms with van der Waals surface area (Å²) < 4.78 is 10.6. The molecule has 0 unspecified atom stereocenters. The van der Waals surface area contributed by atoms with Crippen molar-refractivity contribution in [2.24, 2.45) is 0 Å². The number of ether oxygens (including phenoxy) is 2. The summed E-state index contributed by atoms with van der Waals surface area (Å²) in [5, 5.41) is 0. The standard InChI is InChI=1S/C16H17NO3/c1-3-20-12-9-7-11(8-10-12)15(18)13-5-4-6-14(17)16(13)19-2/h4-10H,3,17H2,1-2H3. The van der Waals surface area contributed by atoms with E-state index in [2.05, 4.69) is 0 Å². The quantitative estimate of drug-likeness (QED) is 0.671. The van der Waals surface area contributed by atoms with Crippen molar-refractivity contribution in [3.05, 3.63) is 53.6 Å². The van der Waals surface area contributed by atoms with Crippen molar-refractivity contribution in [1.82, 2.24) is 0 Å². The molecule has 0 radical (unpaired) electrons. The minimum Gasteiger partial charge on any atom is -0.494 e. The minimum absolute atomic E-state index is 0.128. The summed E-state index contributed by atoms with van der Waals surface area (Å²) in [5.41, 5.74) is 7.28. The molecule has 4 nitrogen and oxygen atoms in total. The van der Waals surface area contributed by atoms with Crippen molar-refractivity contribution >= 4 is 11.5 Å². The highest BCUT2D eigenvalue weighted by molar-refractivity contribution is 6.11. The highest BCUT2D eigenvalue weighted by Crippen LogP contribution is 2.28. The van der Waals surface area contributed by atoms with Crippen molar-refractivity contribution in [3.8, 4) is 11.5 Å². The number of benzene rings is 2. The summed E-state index contributed by atoms with van der Waals surface area (Å²) in [6.07, 6.45) is 0. The van der Waals surface area contributed by atoms with Crippen LogP contribution in [-0.2, 0) is 0 Å². The molecule has 20 heavy (non-hydrogen) atoms. The zero-order chi connectivity index (χ0) is 14.5. The number of nitrogens with two attached hydrogens (primary N) is 1. The molecule has 0 aliphatic heterocycles. The fourth-order valence-corrected chi connectivity index (χ4v) is 1.99. The first kappa shape index (κ1) is 13.9. The van der Waals surface area contributed by atoms with E-state index in [4.69, 9.17) is 15.2 Å². The van der Waals surface area contributed by atoms with Gasteiger partial charge in [-0.25, -0.2) is 0 Å². The molecule has 0 aliphatic rings. The van der Waals surface area contributed by atoms with Gasteiger partial charge in [0.1, 0.15) is 5.75 Å². The van der Waals surface area contributed by atoms with E-state index >= 15 is 0 Å². The summed E-state index contributed by atoms with van der Waals surface area (Å²) in [6, 6.07) is 12.2. The van der Waals surface area contributed by atoms with E-state index in [1.54, 1.807) is 42.5 Å². The third kappa shape index (κ3) is 2.74. The number of carbonyl (C=O) groups excluding carboxylic acids is 1. The van der Waals surface area contributed by atoms with Crippen LogP contribution < -0.4 is 15.2 Å². The Kier molecular flexibility index (Phi) is 4.25. The molecule has 2 rings (SSSR count). The van der Waals surface area contributed by atoms with Gasteiger partial charge >= 0.3 is 0 Å². The van der Waals surface area contributed by atoms with Crippen LogP contribution in [0.25, 0.3) is 0 Å². The molecule has 0 saturated heterocycles. The Bertz CT molecular complexity index is 606. The Morgan fingerprint density at radius 3 is 2.45 bits per heavy atom. The number of nitrogen functional groups attached to an aromatic ring is 1. The molecule has 2 N–H and O–H groups in total. The molecule has 2 aromatic rings. The molecule has 104 valence electrons. The fraction of sp³-hybridized carbons (Fsp3) is 0.188.